The average molecular weight is 435 g/mol. The van der Waals surface area contributed by atoms with Gasteiger partial charge in [0.2, 0.25) is 0 Å². The third-order valence-electron chi connectivity index (χ3n) is 5.20. The van der Waals surface area contributed by atoms with Gasteiger partial charge in [-0.15, -0.1) is 0 Å². The van der Waals surface area contributed by atoms with Crippen LogP contribution in [0.1, 0.15) is 85.5 Å². The van der Waals surface area contributed by atoms with Gasteiger partial charge >= 0.3 is 151 Å². The Hall–Kier alpha value is 0.719. The van der Waals surface area contributed by atoms with Crippen LogP contribution in [0.3, 0.4) is 0 Å². The van der Waals surface area contributed by atoms with Crippen LogP contribution < -0.4 is 0 Å². The molecule has 0 saturated heterocycles. The fourth-order valence-electron chi connectivity index (χ4n) is 3.75. The van der Waals surface area contributed by atoms with Gasteiger partial charge in [0, 0.05) is 0 Å². The molecule has 0 unspecified atom stereocenters. The van der Waals surface area contributed by atoms with E-state index in [1.807, 2.05) is 0 Å². The third-order valence-corrected chi connectivity index (χ3v) is 22.3. The molecule has 0 aromatic heterocycles. The summed E-state index contributed by atoms with van der Waals surface area (Å²) in [5.41, 5.74) is 0. The van der Waals surface area contributed by atoms with Gasteiger partial charge in [-0.3, -0.25) is 0 Å². The Morgan fingerprint density at radius 1 is 0.696 bits per heavy atom. The van der Waals surface area contributed by atoms with Gasteiger partial charge in [0.1, 0.15) is 0 Å². The van der Waals surface area contributed by atoms with Crippen molar-refractivity contribution in [1.29, 1.82) is 0 Å². The van der Waals surface area contributed by atoms with Crippen molar-refractivity contribution in [2.75, 3.05) is 20.3 Å². The van der Waals surface area contributed by atoms with Gasteiger partial charge in [-0.1, -0.05) is 0 Å². The quantitative estimate of drug-likeness (QED) is 0.189. The Bertz CT molecular complexity index is 224. The molecule has 3 heteroatoms. The van der Waals surface area contributed by atoms with E-state index in [2.05, 4.69) is 27.7 Å². The summed E-state index contributed by atoms with van der Waals surface area (Å²) in [7, 11) is 1.79. The van der Waals surface area contributed by atoms with Crippen LogP contribution in [-0.2, 0) is 9.47 Å². The molecule has 0 spiro atoms. The fourth-order valence-corrected chi connectivity index (χ4v) is 21.5. The second-order valence-electron chi connectivity index (χ2n) is 7.14. The maximum atomic E-state index is 6.53. The van der Waals surface area contributed by atoms with Crippen LogP contribution in [0.15, 0.2) is 0 Å². The van der Waals surface area contributed by atoms with Crippen LogP contribution in [0.4, 0.5) is 0 Å². The normalized spacial score (nSPS) is 13.4. The standard InChI is InChI=1S/C8H17O2.3C4H9.Sn/c1-3-6-10-8-5-4-7-9-2;3*1-3-4-2;/h6H,3-5,7-8H2,1-2H3;3*1,3-4H2,2H3;. The van der Waals surface area contributed by atoms with E-state index in [9.17, 15) is 0 Å². The number of ether oxygens (including phenoxy) is 2. The van der Waals surface area contributed by atoms with Crippen molar-refractivity contribution in [1.82, 2.24) is 0 Å². The molecule has 140 valence electrons. The minimum absolute atomic E-state index is 0.650. The Labute approximate surface area is 151 Å². The second kappa shape index (κ2) is 16.2. The van der Waals surface area contributed by atoms with Crippen molar-refractivity contribution >= 4 is 18.4 Å². The van der Waals surface area contributed by atoms with Gasteiger partial charge in [-0.2, -0.15) is 0 Å². The molecule has 0 N–H and O–H groups in total. The monoisotopic (exact) mass is 436 g/mol. The molecule has 0 fully saturated rings. The molecule has 1 atom stereocenters. The molecule has 0 aliphatic rings. The summed E-state index contributed by atoms with van der Waals surface area (Å²) < 4.78 is 17.0. The molecule has 0 saturated carbocycles. The fraction of sp³-hybridized carbons (Fsp3) is 1.00. The predicted octanol–water partition coefficient (Wildman–Crippen LogP) is 6.60. The molecule has 0 aliphatic heterocycles. The zero-order chi connectivity index (χ0) is 17.4. The molecule has 0 bridgehead atoms. The second-order valence-corrected chi connectivity index (χ2v) is 21.0. The van der Waals surface area contributed by atoms with Crippen molar-refractivity contribution in [3.63, 3.8) is 0 Å². The molecule has 0 aromatic carbocycles. The number of rotatable bonds is 17. The number of methoxy groups -OCH3 is 1. The zero-order valence-corrected chi connectivity index (χ0v) is 19.6. The molecule has 0 amide bonds. The van der Waals surface area contributed by atoms with Gasteiger partial charge in [0.05, 0.1) is 0 Å². The summed E-state index contributed by atoms with van der Waals surface area (Å²) in [4.78, 5) is 0. The van der Waals surface area contributed by atoms with Gasteiger partial charge < -0.3 is 0 Å². The predicted molar refractivity (Wildman–Crippen MR) is 106 cm³/mol. The van der Waals surface area contributed by atoms with Gasteiger partial charge in [0.25, 0.3) is 0 Å². The van der Waals surface area contributed by atoms with Crippen LogP contribution in [0.5, 0.6) is 0 Å². The molecule has 0 heterocycles. The van der Waals surface area contributed by atoms with Crippen molar-refractivity contribution < 1.29 is 9.47 Å². The molecule has 0 aliphatic carbocycles. The average Bonchev–Trinajstić information content (AvgIpc) is 2.58. The molecular weight excluding hydrogens is 391 g/mol. The Morgan fingerprint density at radius 2 is 1.17 bits per heavy atom. The van der Waals surface area contributed by atoms with E-state index in [0.717, 1.165) is 26.1 Å². The summed E-state index contributed by atoms with van der Waals surface area (Å²) in [6.07, 6.45) is 11.9. The first-order chi connectivity index (χ1) is 11.2. The van der Waals surface area contributed by atoms with E-state index in [-0.39, 0.29) is 0 Å². The summed E-state index contributed by atoms with van der Waals surface area (Å²) in [5, 5.41) is 0. The van der Waals surface area contributed by atoms with Crippen LogP contribution in [0.2, 0.25) is 13.3 Å². The van der Waals surface area contributed by atoms with Crippen LogP contribution in [-0.4, -0.2) is 42.8 Å². The number of hydrogen-bond donors (Lipinski definition) is 0. The molecule has 0 radical (unpaired) electrons. The minimum atomic E-state index is -2.19. The Morgan fingerprint density at radius 3 is 1.57 bits per heavy atom. The molecular formula is C20H44O2Sn. The Kier molecular flexibility index (Phi) is 16.7. The first-order valence-corrected chi connectivity index (χ1v) is 18.0. The zero-order valence-electron chi connectivity index (χ0n) is 16.8. The SMILES string of the molecule is CCC[CH2][Sn]([CH2]CCC)([CH2]CCC)[C@H](CC)OCCCCOC. The van der Waals surface area contributed by atoms with Crippen LogP contribution >= 0.6 is 0 Å². The molecule has 0 rings (SSSR count). The van der Waals surface area contributed by atoms with Crippen molar-refractivity contribution in [3.05, 3.63) is 0 Å². The van der Waals surface area contributed by atoms with E-state index in [4.69, 9.17) is 9.47 Å². The summed E-state index contributed by atoms with van der Waals surface area (Å²) >= 11 is -2.19. The van der Waals surface area contributed by atoms with E-state index in [0.29, 0.717) is 4.12 Å². The topological polar surface area (TPSA) is 18.5 Å². The molecule has 2 nitrogen and oxygen atoms in total. The van der Waals surface area contributed by atoms with Crippen molar-refractivity contribution in [3.8, 4) is 0 Å². The Balaban J connectivity index is 4.81. The van der Waals surface area contributed by atoms with E-state index in [1.54, 1.807) is 20.4 Å². The van der Waals surface area contributed by atoms with E-state index >= 15 is 0 Å². The van der Waals surface area contributed by atoms with Gasteiger partial charge in [-0.25, -0.2) is 0 Å². The summed E-state index contributed by atoms with van der Waals surface area (Å²) in [5.74, 6) is 0. The van der Waals surface area contributed by atoms with E-state index < -0.39 is 18.4 Å². The van der Waals surface area contributed by atoms with Gasteiger partial charge in [0.15, 0.2) is 0 Å². The molecule has 23 heavy (non-hydrogen) atoms. The number of hydrogen-bond acceptors (Lipinski definition) is 2. The molecule has 0 aromatic rings. The van der Waals surface area contributed by atoms with Crippen LogP contribution in [0, 0.1) is 0 Å². The summed E-state index contributed by atoms with van der Waals surface area (Å²) in [6.45, 7) is 11.2. The van der Waals surface area contributed by atoms with Crippen LogP contribution in [0.25, 0.3) is 0 Å². The van der Waals surface area contributed by atoms with Gasteiger partial charge in [-0.05, 0) is 0 Å². The van der Waals surface area contributed by atoms with E-state index in [1.165, 1.54) is 44.9 Å². The first-order valence-electron chi connectivity index (χ1n) is 10.3. The first kappa shape index (κ1) is 23.7. The van der Waals surface area contributed by atoms with Crippen molar-refractivity contribution in [2.24, 2.45) is 0 Å². The maximum absolute atomic E-state index is 6.53. The third kappa shape index (κ3) is 10.3. The summed E-state index contributed by atoms with van der Waals surface area (Å²) in [6, 6.07) is 0. The number of unbranched alkanes of at least 4 members (excludes halogenated alkanes) is 4. The van der Waals surface area contributed by atoms with Crippen molar-refractivity contribution in [2.45, 2.75) is 103 Å².